The highest BCUT2D eigenvalue weighted by atomic mass is 79.9. The van der Waals surface area contributed by atoms with Crippen molar-refractivity contribution in [3.05, 3.63) is 55.5 Å². The van der Waals surface area contributed by atoms with Gasteiger partial charge in [-0.1, -0.05) is 54.9 Å². The Balaban J connectivity index is 1.96. The van der Waals surface area contributed by atoms with Crippen molar-refractivity contribution < 1.29 is 0 Å². The summed E-state index contributed by atoms with van der Waals surface area (Å²) in [6, 6.07) is 7.86. The van der Waals surface area contributed by atoms with Crippen LogP contribution in [0.1, 0.15) is 48.7 Å². The first-order valence-electron chi connectivity index (χ1n) is 7.17. The maximum atomic E-state index is 6.24. The van der Waals surface area contributed by atoms with E-state index in [0.29, 0.717) is 17.0 Å². The average Bonchev–Trinajstić information content (AvgIpc) is 2.99. The van der Waals surface area contributed by atoms with Crippen LogP contribution in [0.25, 0.3) is 0 Å². The Morgan fingerprint density at radius 3 is 2.71 bits per heavy atom. The van der Waals surface area contributed by atoms with Crippen molar-refractivity contribution in [2.24, 2.45) is 0 Å². The molecule has 1 aliphatic rings. The molecule has 0 saturated heterocycles. The number of rotatable bonds is 3. The first-order valence-corrected chi connectivity index (χ1v) is 8.75. The monoisotopic (exact) mass is 382 g/mol. The van der Waals surface area contributed by atoms with E-state index in [-0.39, 0.29) is 0 Å². The van der Waals surface area contributed by atoms with E-state index in [9.17, 15) is 0 Å². The van der Waals surface area contributed by atoms with Gasteiger partial charge in [-0.05, 0) is 40.4 Å². The molecular weight excluding hydrogens is 368 g/mol. The number of hydrogen-bond acceptors (Lipinski definition) is 2. The molecule has 0 atom stereocenters. The van der Waals surface area contributed by atoms with Gasteiger partial charge >= 0.3 is 0 Å². The minimum absolute atomic E-state index is 0.564. The van der Waals surface area contributed by atoms with Gasteiger partial charge in [0.1, 0.15) is 10.5 Å². The largest absolute Gasteiger partial charge is 0.346 e. The lowest BCUT2D eigenvalue weighted by atomic mass is 10.0. The highest BCUT2D eigenvalue weighted by Crippen LogP contribution is 2.36. The number of halogens is 2. The summed E-state index contributed by atoms with van der Waals surface area (Å²) in [5.74, 6) is 1.45. The molecule has 1 aromatic heterocycles. The minimum Gasteiger partial charge on any atom is -0.346 e. The van der Waals surface area contributed by atoms with E-state index in [0.717, 1.165) is 20.9 Å². The third-order valence-electron chi connectivity index (χ3n) is 4.02. The molecule has 0 unspecified atom stereocenters. The van der Waals surface area contributed by atoms with Crippen LogP contribution in [0, 0.1) is 4.64 Å². The lowest BCUT2D eigenvalue weighted by molar-refractivity contribution is 0.679. The van der Waals surface area contributed by atoms with E-state index in [1.807, 2.05) is 24.3 Å². The summed E-state index contributed by atoms with van der Waals surface area (Å²) in [6.45, 7) is 0. The Labute approximate surface area is 143 Å². The normalized spacial score (nSPS) is 15.5. The fourth-order valence-corrected chi connectivity index (χ4v) is 3.86. The van der Waals surface area contributed by atoms with Gasteiger partial charge < -0.3 is 4.98 Å². The lowest BCUT2D eigenvalue weighted by Crippen LogP contribution is -2.06. The molecule has 1 fully saturated rings. The summed E-state index contributed by atoms with van der Waals surface area (Å²) >= 11 is 15.2. The molecule has 2 nitrogen and oxygen atoms in total. The number of nitrogens with one attached hydrogen (secondary N) is 1. The number of H-pyrrole nitrogens is 1. The first-order chi connectivity index (χ1) is 10.1. The van der Waals surface area contributed by atoms with Crippen LogP contribution < -0.4 is 0 Å². The van der Waals surface area contributed by atoms with Crippen molar-refractivity contribution in [1.82, 2.24) is 9.97 Å². The van der Waals surface area contributed by atoms with Gasteiger partial charge in [-0.2, -0.15) is 0 Å². The van der Waals surface area contributed by atoms with Crippen molar-refractivity contribution in [3.8, 4) is 0 Å². The Bertz CT molecular complexity index is 708. The quantitative estimate of drug-likeness (QED) is 0.678. The molecule has 0 radical (unpaired) electrons. The van der Waals surface area contributed by atoms with E-state index in [1.165, 1.54) is 31.4 Å². The SMILES string of the molecule is S=c1nc(Cc2ccccc2Cl)[nH]c(C2CCCC2)c1Br. The van der Waals surface area contributed by atoms with Crippen LogP contribution in [0.4, 0.5) is 0 Å². The summed E-state index contributed by atoms with van der Waals surface area (Å²) in [5, 5.41) is 0.768. The van der Waals surface area contributed by atoms with Crippen molar-refractivity contribution in [2.45, 2.75) is 38.0 Å². The lowest BCUT2D eigenvalue weighted by Gasteiger charge is -2.14. The Hall–Kier alpha value is -0.710. The molecule has 0 amide bonds. The molecule has 110 valence electrons. The topological polar surface area (TPSA) is 28.7 Å². The number of aromatic nitrogens is 2. The van der Waals surface area contributed by atoms with Crippen LogP contribution in [0.15, 0.2) is 28.7 Å². The number of benzene rings is 1. The van der Waals surface area contributed by atoms with Crippen LogP contribution in [-0.2, 0) is 6.42 Å². The summed E-state index contributed by atoms with van der Waals surface area (Å²) in [4.78, 5) is 7.98. The van der Waals surface area contributed by atoms with E-state index < -0.39 is 0 Å². The zero-order valence-corrected chi connectivity index (χ0v) is 14.7. The molecule has 0 bridgehead atoms. The zero-order chi connectivity index (χ0) is 14.8. The molecule has 0 spiro atoms. The molecule has 1 aromatic carbocycles. The van der Waals surface area contributed by atoms with Crippen molar-refractivity contribution >= 4 is 39.7 Å². The molecule has 1 aliphatic carbocycles. The second-order valence-corrected chi connectivity index (χ2v) is 7.05. The molecule has 1 heterocycles. The fourth-order valence-electron chi connectivity index (χ4n) is 2.93. The standard InChI is InChI=1S/C16H16BrClN2S/c17-14-15(10-5-1-2-6-10)19-13(20-16(14)21)9-11-7-3-4-8-12(11)18/h3-4,7-8,10H,1-2,5-6,9H2,(H,19,20,21). The first kappa shape index (κ1) is 15.2. The molecule has 0 aliphatic heterocycles. The molecule has 3 rings (SSSR count). The van der Waals surface area contributed by atoms with Crippen molar-refractivity contribution in [2.75, 3.05) is 0 Å². The Kier molecular flexibility index (Phi) is 4.77. The minimum atomic E-state index is 0.564. The average molecular weight is 384 g/mol. The smallest absolute Gasteiger partial charge is 0.144 e. The molecule has 21 heavy (non-hydrogen) atoms. The van der Waals surface area contributed by atoms with Gasteiger partial charge in [-0.3, -0.25) is 0 Å². The number of hydrogen-bond donors (Lipinski definition) is 1. The number of aromatic amines is 1. The summed E-state index contributed by atoms with van der Waals surface area (Å²) < 4.78 is 1.59. The van der Waals surface area contributed by atoms with Gasteiger partial charge in [0, 0.05) is 23.1 Å². The Morgan fingerprint density at radius 2 is 2.00 bits per heavy atom. The van der Waals surface area contributed by atoms with Crippen molar-refractivity contribution in [3.63, 3.8) is 0 Å². The van der Waals surface area contributed by atoms with Crippen molar-refractivity contribution in [1.29, 1.82) is 0 Å². The number of nitrogens with zero attached hydrogens (tertiary/aromatic N) is 1. The molecular formula is C16H16BrClN2S. The fraction of sp³-hybridized carbons (Fsp3) is 0.375. The molecule has 2 aromatic rings. The highest BCUT2D eigenvalue weighted by Gasteiger charge is 2.21. The van der Waals surface area contributed by atoms with Crippen LogP contribution in [0.3, 0.4) is 0 Å². The van der Waals surface area contributed by atoms with E-state index in [2.05, 4.69) is 25.9 Å². The zero-order valence-electron chi connectivity index (χ0n) is 11.5. The highest BCUT2D eigenvalue weighted by molar-refractivity contribution is 9.10. The van der Waals surface area contributed by atoms with E-state index in [4.69, 9.17) is 23.8 Å². The van der Waals surface area contributed by atoms with Gasteiger partial charge in [0.15, 0.2) is 0 Å². The molecule has 1 N–H and O–H groups in total. The maximum absolute atomic E-state index is 6.24. The van der Waals surface area contributed by atoms with Gasteiger partial charge in [0.05, 0.1) is 4.47 Å². The molecule has 1 saturated carbocycles. The van der Waals surface area contributed by atoms with Gasteiger partial charge in [0.2, 0.25) is 0 Å². The summed E-state index contributed by atoms with van der Waals surface area (Å²) in [6.07, 6.45) is 5.70. The van der Waals surface area contributed by atoms with Gasteiger partial charge in [-0.15, -0.1) is 0 Å². The molecule has 5 heteroatoms. The third kappa shape index (κ3) is 3.38. The summed E-state index contributed by atoms with van der Waals surface area (Å²) in [5.41, 5.74) is 2.27. The van der Waals surface area contributed by atoms with Crippen LogP contribution in [0.2, 0.25) is 5.02 Å². The predicted molar refractivity (Wildman–Crippen MR) is 92.6 cm³/mol. The van der Waals surface area contributed by atoms with E-state index >= 15 is 0 Å². The second kappa shape index (κ2) is 6.59. The Morgan fingerprint density at radius 1 is 1.29 bits per heavy atom. The third-order valence-corrected chi connectivity index (χ3v) is 5.75. The summed E-state index contributed by atoms with van der Waals surface area (Å²) in [7, 11) is 0. The van der Waals surface area contributed by atoms with Crippen LogP contribution in [0.5, 0.6) is 0 Å². The second-order valence-electron chi connectivity index (χ2n) is 5.47. The maximum Gasteiger partial charge on any atom is 0.144 e. The van der Waals surface area contributed by atoms with Crippen LogP contribution in [-0.4, -0.2) is 9.97 Å². The van der Waals surface area contributed by atoms with E-state index in [1.54, 1.807) is 0 Å². The van der Waals surface area contributed by atoms with Gasteiger partial charge in [-0.25, -0.2) is 4.98 Å². The predicted octanol–water partition coefficient (Wildman–Crippen LogP) is 5.80. The van der Waals surface area contributed by atoms with Crippen LogP contribution >= 0.6 is 39.7 Å². The van der Waals surface area contributed by atoms with Gasteiger partial charge in [0.25, 0.3) is 0 Å².